The standard InChI is InChI=1S/C11H16Br2Si/c1-14(9-7-12,10-8-13)11-5-3-2-4-6-11/h2-6H,7-10H2,1H3. The molecule has 0 aliphatic rings. The molecule has 0 bridgehead atoms. The Bertz CT molecular complexity index is 255. The zero-order valence-electron chi connectivity index (χ0n) is 8.47. The molecule has 0 saturated carbocycles. The van der Waals surface area contributed by atoms with Crippen LogP contribution >= 0.6 is 31.9 Å². The van der Waals surface area contributed by atoms with Crippen molar-refractivity contribution in [1.82, 2.24) is 0 Å². The third-order valence-corrected chi connectivity index (χ3v) is 9.45. The second kappa shape index (κ2) is 6.08. The molecular weight excluding hydrogens is 320 g/mol. The Balaban J connectivity index is 2.87. The Morgan fingerprint density at radius 3 is 1.93 bits per heavy atom. The van der Waals surface area contributed by atoms with Gasteiger partial charge in [0.2, 0.25) is 0 Å². The maximum atomic E-state index is 3.57. The molecule has 0 heterocycles. The molecule has 0 unspecified atom stereocenters. The molecule has 1 aromatic rings. The number of hydrogen-bond donors (Lipinski definition) is 0. The van der Waals surface area contributed by atoms with Crippen LogP contribution in [0.25, 0.3) is 0 Å². The van der Waals surface area contributed by atoms with Gasteiger partial charge in [0.1, 0.15) is 0 Å². The van der Waals surface area contributed by atoms with Crippen LogP contribution in [-0.4, -0.2) is 18.7 Å². The fourth-order valence-electron chi connectivity index (χ4n) is 1.67. The minimum Gasteiger partial charge on any atom is -0.0931 e. The van der Waals surface area contributed by atoms with Gasteiger partial charge in [-0.2, -0.15) is 0 Å². The summed E-state index contributed by atoms with van der Waals surface area (Å²) in [7, 11) is -1.22. The van der Waals surface area contributed by atoms with Crippen molar-refractivity contribution in [2.45, 2.75) is 18.6 Å². The first-order valence-electron chi connectivity index (χ1n) is 4.90. The molecule has 0 nitrogen and oxygen atoms in total. The quantitative estimate of drug-likeness (QED) is 0.567. The van der Waals surface area contributed by atoms with E-state index in [0.29, 0.717) is 0 Å². The van der Waals surface area contributed by atoms with E-state index in [1.54, 1.807) is 5.19 Å². The van der Waals surface area contributed by atoms with Gasteiger partial charge in [0.15, 0.2) is 0 Å². The lowest BCUT2D eigenvalue weighted by molar-refractivity contribution is 1.31. The Kier molecular flexibility index (Phi) is 5.42. The molecule has 0 aromatic heterocycles. The monoisotopic (exact) mass is 334 g/mol. The molecule has 0 N–H and O–H groups in total. The van der Waals surface area contributed by atoms with Crippen LogP contribution in [0.1, 0.15) is 0 Å². The molecule has 0 atom stereocenters. The number of rotatable bonds is 5. The van der Waals surface area contributed by atoms with Crippen LogP contribution in [0.3, 0.4) is 0 Å². The van der Waals surface area contributed by atoms with Gasteiger partial charge in [-0.3, -0.25) is 0 Å². The topological polar surface area (TPSA) is 0 Å². The van der Waals surface area contributed by atoms with Gasteiger partial charge < -0.3 is 0 Å². The van der Waals surface area contributed by atoms with Gasteiger partial charge >= 0.3 is 0 Å². The van der Waals surface area contributed by atoms with E-state index in [4.69, 9.17) is 0 Å². The SMILES string of the molecule is C[Si](CCBr)(CCBr)c1ccccc1. The smallest absolute Gasteiger partial charge is 0.0853 e. The number of halogens is 2. The molecule has 0 aliphatic heterocycles. The summed E-state index contributed by atoms with van der Waals surface area (Å²) in [4.78, 5) is 0. The van der Waals surface area contributed by atoms with Crippen molar-refractivity contribution in [2.24, 2.45) is 0 Å². The molecule has 1 rings (SSSR count). The summed E-state index contributed by atoms with van der Waals surface area (Å²) < 4.78 is 0. The second-order valence-electron chi connectivity index (χ2n) is 3.80. The summed E-state index contributed by atoms with van der Waals surface area (Å²) in [6.07, 6.45) is 0. The van der Waals surface area contributed by atoms with Crippen LogP contribution in [0.15, 0.2) is 30.3 Å². The molecular formula is C11H16Br2Si. The lowest BCUT2D eigenvalue weighted by Crippen LogP contribution is -2.45. The average Bonchev–Trinajstić information content (AvgIpc) is 2.20. The van der Waals surface area contributed by atoms with Gasteiger partial charge in [-0.15, -0.1) is 0 Å². The van der Waals surface area contributed by atoms with E-state index in [1.807, 2.05) is 0 Å². The summed E-state index contributed by atoms with van der Waals surface area (Å²) in [5.41, 5.74) is 0. The van der Waals surface area contributed by atoms with Crippen molar-refractivity contribution in [2.75, 3.05) is 10.7 Å². The highest BCUT2D eigenvalue weighted by Crippen LogP contribution is 2.18. The van der Waals surface area contributed by atoms with Gasteiger partial charge in [-0.25, -0.2) is 0 Å². The minimum absolute atomic E-state index is 1.12. The minimum atomic E-state index is -1.22. The van der Waals surface area contributed by atoms with E-state index < -0.39 is 8.07 Å². The molecule has 0 radical (unpaired) electrons. The molecule has 1 aromatic carbocycles. The summed E-state index contributed by atoms with van der Waals surface area (Å²) in [5.74, 6) is 0. The fourth-order valence-corrected chi connectivity index (χ4v) is 9.58. The molecule has 0 saturated heterocycles. The largest absolute Gasteiger partial charge is 0.0931 e. The average molecular weight is 336 g/mol. The predicted octanol–water partition coefficient (Wildman–Crippen LogP) is 3.76. The van der Waals surface area contributed by atoms with E-state index >= 15 is 0 Å². The van der Waals surface area contributed by atoms with Crippen molar-refractivity contribution in [3.63, 3.8) is 0 Å². The summed E-state index contributed by atoms with van der Waals surface area (Å²) in [6.45, 7) is 2.48. The number of alkyl halides is 2. The van der Waals surface area contributed by atoms with Crippen molar-refractivity contribution in [1.29, 1.82) is 0 Å². The lowest BCUT2D eigenvalue weighted by atomic mass is 10.4. The van der Waals surface area contributed by atoms with Gasteiger partial charge in [0, 0.05) is 10.7 Å². The zero-order chi connectivity index (χ0) is 10.4. The Morgan fingerprint density at radius 1 is 1.00 bits per heavy atom. The maximum absolute atomic E-state index is 3.57. The lowest BCUT2D eigenvalue weighted by Gasteiger charge is -2.26. The zero-order valence-corrected chi connectivity index (χ0v) is 12.6. The third-order valence-electron chi connectivity index (χ3n) is 2.76. The van der Waals surface area contributed by atoms with Crippen molar-refractivity contribution in [3.05, 3.63) is 30.3 Å². The van der Waals surface area contributed by atoms with Gasteiger partial charge in [0.05, 0.1) is 8.07 Å². The highest BCUT2D eigenvalue weighted by molar-refractivity contribution is 9.09. The highest BCUT2D eigenvalue weighted by atomic mass is 79.9. The highest BCUT2D eigenvalue weighted by Gasteiger charge is 2.27. The fraction of sp³-hybridized carbons (Fsp3) is 0.455. The Labute approximate surface area is 104 Å². The molecule has 3 heteroatoms. The first-order valence-corrected chi connectivity index (χ1v) is 10.1. The van der Waals surface area contributed by atoms with Crippen molar-refractivity contribution >= 4 is 45.1 Å². The molecule has 0 amide bonds. The molecule has 0 fully saturated rings. The van der Waals surface area contributed by atoms with Gasteiger partial charge in [0.25, 0.3) is 0 Å². The van der Waals surface area contributed by atoms with Crippen LogP contribution in [0.4, 0.5) is 0 Å². The molecule has 78 valence electrons. The maximum Gasteiger partial charge on any atom is 0.0853 e. The van der Waals surface area contributed by atoms with Crippen molar-refractivity contribution in [3.8, 4) is 0 Å². The van der Waals surface area contributed by atoms with Gasteiger partial charge in [-0.05, 0) is 12.1 Å². The van der Waals surface area contributed by atoms with Crippen LogP contribution in [0, 0.1) is 0 Å². The molecule has 14 heavy (non-hydrogen) atoms. The summed E-state index contributed by atoms with van der Waals surface area (Å²) >= 11 is 7.14. The Hall–Kier alpha value is 0.397. The van der Waals surface area contributed by atoms with Crippen LogP contribution in [0.5, 0.6) is 0 Å². The first-order chi connectivity index (χ1) is 6.73. The van der Waals surface area contributed by atoms with E-state index in [9.17, 15) is 0 Å². The molecule has 0 spiro atoms. The summed E-state index contributed by atoms with van der Waals surface area (Å²) in [5, 5.41) is 3.83. The summed E-state index contributed by atoms with van der Waals surface area (Å²) in [6, 6.07) is 13.6. The van der Waals surface area contributed by atoms with E-state index in [0.717, 1.165) is 10.7 Å². The van der Waals surface area contributed by atoms with Crippen LogP contribution in [0.2, 0.25) is 18.6 Å². The van der Waals surface area contributed by atoms with E-state index in [1.165, 1.54) is 12.1 Å². The number of benzene rings is 1. The van der Waals surface area contributed by atoms with E-state index in [-0.39, 0.29) is 0 Å². The van der Waals surface area contributed by atoms with Gasteiger partial charge in [-0.1, -0.05) is 73.9 Å². The second-order valence-corrected chi connectivity index (χ2v) is 10.1. The first kappa shape index (κ1) is 12.5. The third kappa shape index (κ3) is 3.21. The van der Waals surface area contributed by atoms with Crippen molar-refractivity contribution < 1.29 is 0 Å². The van der Waals surface area contributed by atoms with E-state index in [2.05, 4.69) is 68.7 Å². The van der Waals surface area contributed by atoms with Crippen LogP contribution < -0.4 is 5.19 Å². The normalized spacial score (nSPS) is 11.6. The molecule has 0 aliphatic carbocycles. The number of hydrogen-bond acceptors (Lipinski definition) is 0. The van der Waals surface area contributed by atoms with Crippen LogP contribution in [-0.2, 0) is 0 Å². The predicted molar refractivity (Wildman–Crippen MR) is 74.9 cm³/mol. The Morgan fingerprint density at radius 2 is 1.50 bits per heavy atom.